The van der Waals surface area contributed by atoms with Crippen LogP contribution in [0.25, 0.3) is 0 Å². The molecule has 1 aliphatic carbocycles. The van der Waals surface area contributed by atoms with Gasteiger partial charge in [0.05, 0.1) is 12.5 Å². The van der Waals surface area contributed by atoms with E-state index >= 15 is 0 Å². The number of ether oxygens (including phenoxy) is 2. The summed E-state index contributed by atoms with van der Waals surface area (Å²) in [4.78, 5) is 33.1. The number of carbonyl (C=O) groups excluding carboxylic acids is 3. The van der Waals surface area contributed by atoms with Gasteiger partial charge in [-0.25, -0.2) is 0 Å². The minimum absolute atomic E-state index is 0.129. The molecule has 0 N–H and O–H groups in total. The summed E-state index contributed by atoms with van der Waals surface area (Å²) in [5, 5.41) is 0. The molecule has 0 saturated carbocycles. The van der Waals surface area contributed by atoms with E-state index in [1.54, 1.807) is 0 Å². The molecule has 0 aromatic carbocycles. The van der Waals surface area contributed by atoms with Crippen LogP contribution < -0.4 is 0 Å². The predicted molar refractivity (Wildman–Crippen MR) is 76.2 cm³/mol. The zero-order chi connectivity index (χ0) is 15.7. The molecule has 0 fully saturated rings. The minimum atomic E-state index is -0.570. The molecule has 0 bridgehead atoms. The Hall–Kier alpha value is -1.83. The van der Waals surface area contributed by atoms with Crippen LogP contribution in [0.3, 0.4) is 0 Å². The maximum Gasteiger partial charge on any atom is 0.303 e. The SMILES string of the molecule is CC(=O)OCCCCCCCC1C(=O)C#CC1OC(C)=O. The average molecular weight is 294 g/mol. The van der Waals surface area contributed by atoms with Gasteiger partial charge in [-0.1, -0.05) is 25.7 Å². The van der Waals surface area contributed by atoms with E-state index < -0.39 is 12.1 Å². The molecule has 2 unspecified atom stereocenters. The predicted octanol–water partition coefficient (Wildman–Crippen LogP) is 2.02. The second-order valence-electron chi connectivity index (χ2n) is 5.17. The molecule has 0 amide bonds. The molecule has 0 saturated heterocycles. The smallest absolute Gasteiger partial charge is 0.303 e. The van der Waals surface area contributed by atoms with E-state index in [4.69, 9.17) is 9.47 Å². The number of hydrogen-bond acceptors (Lipinski definition) is 5. The molecule has 5 nitrogen and oxygen atoms in total. The molecule has 0 aromatic heterocycles. The average Bonchev–Trinajstić information content (AvgIpc) is 2.73. The summed E-state index contributed by atoms with van der Waals surface area (Å²) in [6.07, 6.45) is 4.89. The van der Waals surface area contributed by atoms with Crippen molar-refractivity contribution in [3.63, 3.8) is 0 Å². The van der Waals surface area contributed by atoms with E-state index in [2.05, 4.69) is 11.8 Å². The maximum absolute atomic E-state index is 11.6. The topological polar surface area (TPSA) is 69.7 Å². The van der Waals surface area contributed by atoms with E-state index in [1.807, 2.05) is 0 Å². The van der Waals surface area contributed by atoms with Gasteiger partial charge in [-0.2, -0.15) is 0 Å². The van der Waals surface area contributed by atoms with Crippen LogP contribution in [0.5, 0.6) is 0 Å². The number of carbonyl (C=O) groups is 3. The lowest BCUT2D eigenvalue weighted by atomic mass is 9.95. The number of hydrogen-bond donors (Lipinski definition) is 0. The largest absolute Gasteiger partial charge is 0.466 e. The van der Waals surface area contributed by atoms with Crippen LogP contribution in [-0.2, 0) is 23.9 Å². The summed E-state index contributed by atoms with van der Waals surface area (Å²) in [5.41, 5.74) is 0. The van der Waals surface area contributed by atoms with Crippen LogP contribution in [0.15, 0.2) is 0 Å². The van der Waals surface area contributed by atoms with Crippen molar-refractivity contribution in [2.45, 2.75) is 58.5 Å². The van der Waals surface area contributed by atoms with Crippen LogP contribution in [0.1, 0.15) is 52.4 Å². The fraction of sp³-hybridized carbons (Fsp3) is 0.688. The lowest BCUT2D eigenvalue weighted by Gasteiger charge is -2.16. The van der Waals surface area contributed by atoms with E-state index in [0.717, 1.165) is 32.1 Å². The lowest BCUT2D eigenvalue weighted by Crippen LogP contribution is -2.26. The Labute approximate surface area is 125 Å². The van der Waals surface area contributed by atoms with Crippen LogP contribution in [0, 0.1) is 17.8 Å². The quantitative estimate of drug-likeness (QED) is 0.282. The van der Waals surface area contributed by atoms with Gasteiger partial charge in [-0.05, 0) is 24.7 Å². The third kappa shape index (κ3) is 6.94. The van der Waals surface area contributed by atoms with Gasteiger partial charge in [0, 0.05) is 13.8 Å². The Kier molecular flexibility index (Phi) is 7.52. The lowest BCUT2D eigenvalue weighted by molar-refractivity contribution is -0.146. The molecule has 1 aliphatic rings. The van der Waals surface area contributed by atoms with E-state index in [1.165, 1.54) is 13.8 Å². The highest BCUT2D eigenvalue weighted by Crippen LogP contribution is 2.21. The zero-order valence-corrected chi connectivity index (χ0v) is 12.6. The number of esters is 2. The van der Waals surface area contributed by atoms with Crippen molar-refractivity contribution in [2.24, 2.45) is 5.92 Å². The summed E-state index contributed by atoms with van der Waals surface area (Å²) >= 11 is 0. The third-order valence-electron chi connectivity index (χ3n) is 3.30. The van der Waals surface area contributed by atoms with Crippen LogP contribution in [0.4, 0.5) is 0 Å². The summed E-state index contributed by atoms with van der Waals surface area (Å²) in [6, 6.07) is 0. The third-order valence-corrected chi connectivity index (χ3v) is 3.30. The van der Waals surface area contributed by atoms with Crippen molar-refractivity contribution in [1.82, 2.24) is 0 Å². The molecule has 0 aliphatic heterocycles. The number of rotatable bonds is 9. The summed E-state index contributed by atoms with van der Waals surface area (Å²) < 4.78 is 9.89. The molecule has 0 spiro atoms. The maximum atomic E-state index is 11.6. The van der Waals surface area contributed by atoms with Crippen LogP contribution in [0.2, 0.25) is 0 Å². The Morgan fingerprint density at radius 1 is 1.05 bits per heavy atom. The minimum Gasteiger partial charge on any atom is -0.466 e. The summed E-state index contributed by atoms with van der Waals surface area (Å²) in [7, 11) is 0. The van der Waals surface area contributed by atoms with Crippen LogP contribution >= 0.6 is 0 Å². The van der Waals surface area contributed by atoms with Gasteiger partial charge in [0.2, 0.25) is 5.78 Å². The van der Waals surface area contributed by atoms with Gasteiger partial charge in [-0.15, -0.1) is 0 Å². The van der Waals surface area contributed by atoms with Gasteiger partial charge in [0.15, 0.2) is 6.10 Å². The fourth-order valence-corrected chi connectivity index (χ4v) is 2.26. The first-order valence-corrected chi connectivity index (χ1v) is 7.36. The number of Topliss-reactive ketones (excluding diaryl/α,β-unsaturated/α-hetero) is 1. The highest BCUT2D eigenvalue weighted by Gasteiger charge is 2.32. The molecule has 5 heteroatoms. The van der Waals surface area contributed by atoms with E-state index in [9.17, 15) is 14.4 Å². The normalized spacial score (nSPS) is 19.8. The van der Waals surface area contributed by atoms with Gasteiger partial charge in [0.1, 0.15) is 0 Å². The molecule has 2 atom stereocenters. The highest BCUT2D eigenvalue weighted by atomic mass is 16.5. The van der Waals surface area contributed by atoms with Crippen LogP contribution in [-0.4, -0.2) is 30.4 Å². The van der Waals surface area contributed by atoms with E-state index in [0.29, 0.717) is 13.0 Å². The van der Waals surface area contributed by atoms with Crippen molar-refractivity contribution < 1.29 is 23.9 Å². The molecule has 0 aromatic rings. The first-order valence-electron chi connectivity index (χ1n) is 7.36. The van der Waals surface area contributed by atoms with Gasteiger partial charge in [0.25, 0.3) is 0 Å². The second kappa shape index (κ2) is 9.17. The molecular formula is C16H22O5. The zero-order valence-electron chi connectivity index (χ0n) is 12.6. The molecule has 116 valence electrons. The molecular weight excluding hydrogens is 272 g/mol. The van der Waals surface area contributed by atoms with Gasteiger partial charge < -0.3 is 9.47 Å². The van der Waals surface area contributed by atoms with Gasteiger partial charge >= 0.3 is 11.9 Å². The Bertz CT molecular complexity index is 443. The van der Waals surface area contributed by atoms with Crippen molar-refractivity contribution in [3.05, 3.63) is 0 Å². The standard InChI is InChI=1S/C16H22O5/c1-12(17)20-11-7-5-3-4-6-8-14-15(19)9-10-16(14)21-13(2)18/h14,16H,3-8,11H2,1-2H3. The van der Waals surface area contributed by atoms with Crippen molar-refractivity contribution in [2.75, 3.05) is 6.61 Å². The van der Waals surface area contributed by atoms with Gasteiger partial charge in [-0.3, -0.25) is 14.4 Å². The number of unbranched alkanes of at least 4 members (excludes halogenated alkanes) is 4. The molecule has 21 heavy (non-hydrogen) atoms. The van der Waals surface area contributed by atoms with Crippen molar-refractivity contribution >= 4 is 17.7 Å². The van der Waals surface area contributed by atoms with Crippen molar-refractivity contribution in [3.8, 4) is 11.8 Å². The fourth-order valence-electron chi connectivity index (χ4n) is 2.26. The second-order valence-corrected chi connectivity index (χ2v) is 5.17. The first-order chi connectivity index (χ1) is 10.0. The Morgan fingerprint density at radius 3 is 2.38 bits per heavy atom. The first kappa shape index (κ1) is 17.2. The molecule has 0 radical (unpaired) electrons. The summed E-state index contributed by atoms with van der Waals surface area (Å²) in [6.45, 7) is 3.20. The monoisotopic (exact) mass is 294 g/mol. The van der Waals surface area contributed by atoms with E-state index in [-0.39, 0.29) is 17.7 Å². The Morgan fingerprint density at radius 2 is 1.71 bits per heavy atom. The number of ketones is 1. The highest BCUT2D eigenvalue weighted by molar-refractivity contribution is 6.00. The summed E-state index contributed by atoms with van der Waals surface area (Å²) in [5.74, 6) is 4.07. The Balaban J connectivity index is 2.10. The molecule has 0 heterocycles. The molecule has 1 rings (SSSR count). The van der Waals surface area contributed by atoms with Crippen molar-refractivity contribution in [1.29, 1.82) is 0 Å².